The lowest BCUT2D eigenvalue weighted by molar-refractivity contribution is -0.137. The second-order valence-corrected chi connectivity index (χ2v) is 4.81. The van der Waals surface area contributed by atoms with Gasteiger partial charge in [0.15, 0.2) is 0 Å². The monoisotopic (exact) mass is 368 g/mol. The molecule has 0 bridgehead atoms. The fourth-order valence-electron chi connectivity index (χ4n) is 1.37. The summed E-state index contributed by atoms with van der Waals surface area (Å²) in [7, 11) is 0. The summed E-state index contributed by atoms with van der Waals surface area (Å²) in [5.41, 5.74) is -0.802. The van der Waals surface area contributed by atoms with E-state index in [1.54, 1.807) is 6.92 Å². The second-order valence-electron chi connectivity index (χ2n) is 3.22. The van der Waals surface area contributed by atoms with Crippen LogP contribution in [-0.2, 0) is 17.9 Å². The van der Waals surface area contributed by atoms with Crippen LogP contribution in [-0.4, -0.2) is 20.4 Å². The van der Waals surface area contributed by atoms with Gasteiger partial charge in [-0.2, -0.15) is 0 Å². The van der Waals surface area contributed by atoms with E-state index in [0.29, 0.717) is 6.54 Å². The van der Waals surface area contributed by atoms with E-state index >= 15 is 0 Å². The molecule has 0 unspecified atom stereocenters. The summed E-state index contributed by atoms with van der Waals surface area (Å²) in [4.78, 5) is 34.2. The van der Waals surface area contributed by atoms with Crippen molar-refractivity contribution < 1.29 is 9.90 Å². The summed E-state index contributed by atoms with van der Waals surface area (Å²) < 4.78 is 2.60. The number of carboxylic acids is 1. The van der Waals surface area contributed by atoms with Crippen molar-refractivity contribution in [1.82, 2.24) is 9.36 Å². The summed E-state index contributed by atoms with van der Waals surface area (Å²) in [6.07, 6.45) is -0.215. The van der Waals surface area contributed by atoms with Gasteiger partial charge in [-0.1, -0.05) is 0 Å². The molecule has 0 aromatic carbocycles. The van der Waals surface area contributed by atoms with Gasteiger partial charge in [-0.3, -0.25) is 14.4 Å². The predicted octanol–water partition coefficient (Wildman–Crippen LogP) is 1.03. The van der Waals surface area contributed by atoms with E-state index in [9.17, 15) is 14.4 Å². The Morgan fingerprint density at radius 1 is 1.18 bits per heavy atom. The first-order valence-corrected chi connectivity index (χ1v) is 6.39. The highest BCUT2D eigenvalue weighted by Gasteiger charge is 2.15. The Labute approximate surface area is 113 Å². The summed E-state index contributed by atoms with van der Waals surface area (Å²) in [5, 5.41) is 8.60. The molecular formula is C9H10Br2N2O4. The maximum atomic E-state index is 11.9. The Hall–Kier alpha value is -0.890. The van der Waals surface area contributed by atoms with Crippen LogP contribution in [0.15, 0.2) is 18.5 Å². The number of carbonyl (C=O) groups is 1. The molecule has 0 atom stereocenters. The summed E-state index contributed by atoms with van der Waals surface area (Å²) in [6.45, 7) is 1.96. The van der Waals surface area contributed by atoms with Crippen LogP contribution in [0, 0.1) is 0 Å². The lowest BCUT2D eigenvalue weighted by atomic mass is 10.4. The zero-order valence-corrected chi connectivity index (χ0v) is 12.1. The van der Waals surface area contributed by atoms with E-state index in [-0.39, 0.29) is 27.5 Å². The van der Waals surface area contributed by atoms with Crippen LogP contribution in [0.1, 0.15) is 13.3 Å². The topological polar surface area (TPSA) is 81.3 Å². The first-order chi connectivity index (χ1) is 7.90. The normalized spacial score (nSPS) is 10.5. The van der Waals surface area contributed by atoms with Crippen LogP contribution in [0.2, 0.25) is 0 Å². The molecule has 0 radical (unpaired) electrons. The van der Waals surface area contributed by atoms with Gasteiger partial charge in [0.2, 0.25) is 0 Å². The zero-order valence-electron chi connectivity index (χ0n) is 8.94. The number of rotatable bonds is 4. The van der Waals surface area contributed by atoms with E-state index in [1.165, 1.54) is 4.68 Å². The maximum Gasteiger partial charge on any atom is 0.305 e. The molecule has 1 N–H and O–H groups in total. The van der Waals surface area contributed by atoms with Crippen molar-refractivity contribution in [3.05, 3.63) is 29.7 Å². The molecule has 0 aliphatic rings. The molecule has 94 valence electrons. The van der Waals surface area contributed by atoms with Crippen molar-refractivity contribution in [2.24, 2.45) is 0 Å². The Morgan fingerprint density at radius 3 is 2.06 bits per heavy atom. The van der Waals surface area contributed by atoms with Crippen molar-refractivity contribution in [1.29, 1.82) is 0 Å². The van der Waals surface area contributed by atoms with Crippen LogP contribution in [0.3, 0.4) is 0 Å². The van der Waals surface area contributed by atoms with Gasteiger partial charge in [0.1, 0.15) is 8.95 Å². The molecule has 0 fully saturated rings. The summed E-state index contributed by atoms with van der Waals surface area (Å²) >= 11 is 6.04. The number of nitrogens with zero attached hydrogens (tertiary/aromatic N) is 2. The number of carboxylic acid groups (broad SMARTS) is 1. The fourth-order valence-corrected chi connectivity index (χ4v) is 2.12. The van der Waals surface area contributed by atoms with Gasteiger partial charge in [0.25, 0.3) is 11.1 Å². The number of hydrogen-bond donors (Lipinski definition) is 1. The van der Waals surface area contributed by atoms with E-state index in [4.69, 9.17) is 5.11 Å². The Kier molecular flexibility index (Phi) is 4.70. The Bertz CT molecular complexity index is 561. The highest BCUT2D eigenvalue weighted by atomic mass is 79.9. The quantitative estimate of drug-likeness (QED) is 0.859. The van der Waals surface area contributed by atoms with Crippen molar-refractivity contribution in [2.45, 2.75) is 26.4 Å². The minimum absolute atomic E-state index is 0.0386. The molecule has 8 heteroatoms. The van der Waals surface area contributed by atoms with E-state index in [2.05, 4.69) is 31.9 Å². The zero-order chi connectivity index (χ0) is 13.2. The van der Waals surface area contributed by atoms with Gasteiger partial charge in [0.05, 0.1) is 13.0 Å². The second kappa shape index (κ2) is 5.63. The third-order valence-corrected chi connectivity index (χ3v) is 4.17. The van der Waals surface area contributed by atoms with Crippen LogP contribution >= 0.6 is 31.9 Å². The van der Waals surface area contributed by atoms with E-state index in [0.717, 1.165) is 4.68 Å². The fraction of sp³-hybridized carbons (Fsp3) is 0.444. The number of hydrogen-bond acceptors (Lipinski definition) is 3. The molecule has 0 saturated heterocycles. The van der Waals surface area contributed by atoms with Gasteiger partial charge in [0, 0.05) is 6.54 Å². The first-order valence-electron chi connectivity index (χ1n) is 4.80. The molecule has 0 aliphatic heterocycles. The third-order valence-electron chi connectivity index (χ3n) is 2.17. The van der Waals surface area contributed by atoms with Crippen molar-refractivity contribution in [3.63, 3.8) is 0 Å². The smallest absolute Gasteiger partial charge is 0.305 e. The molecule has 17 heavy (non-hydrogen) atoms. The van der Waals surface area contributed by atoms with Gasteiger partial charge >= 0.3 is 5.97 Å². The maximum absolute atomic E-state index is 11.9. The average molecular weight is 370 g/mol. The highest BCUT2D eigenvalue weighted by Crippen LogP contribution is 2.13. The molecular weight excluding hydrogens is 360 g/mol. The van der Waals surface area contributed by atoms with Gasteiger partial charge in [-0.25, -0.2) is 9.36 Å². The lowest BCUT2D eigenvalue weighted by Crippen LogP contribution is -2.39. The minimum Gasteiger partial charge on any atom is -0.481 e. The van der Waals surface area contributed by atoms with E-state index < -0.39 is 11.5 Å². The number of aliphatic carboxylic acids is 1. The standard InChI is InChI=1S/C9H10Br2N2O4/c1-2-12-8(16)6(10)7(11)9(17)13(12)4-3-5(14)15/h2-4H2,1H3,(H,14,15). The van der Waals surface area contributed by atoms with Gasteiger partial charge in [-0.15, -0.1) is 0 Å². The van der Waals surface area contributed by atoms with Crippen molar-refractivity contribution in [3.8, 4) is 0 Å². The summed E-state index contributed by atoms with van der Waals surface area (Å²) in [6, 6.07) is 0. The van der Waals surface area contributed by atoms with Gasteiger partial charge < -0.3 is 5.11 Å². The van der Waals surface area contributed by atoms with Crippen LogP contribution in [0.5, 0.6) is 0 Å². The molecule has 0 aliphatic carbocycles. The number of halogens is 2. The van der Waals surface area contributed by atoms with Crippen LogP contribution in [0.25, 0.3) is 0 Å². The average Bonchev–Trinajstić information content (AvgIpc) is 2.29. The third kappa shape index (κ3) is 2.86. The largest absolute Gasteiger partial charge is 0.481 e. The molecule has 1 aromatic rings. The lowest BCUT2D eigenvalue weighted by Gasteiger charge is -2.14. The SMILES string of the molecule is CCn1c(=O)c(Br)c(Br)c(=O)n1CCC(=O)O. The minimum atomic E-state index is -1.02. The molecule has 1 aromatic heterocycles. The molecule has 1 heterocycles. The molecule has 6 nitrogen and oxygen atoms in total. The van der Waals surface area contributed by atoms with Crippen LogP contribution in [0.4, 0.5) is 0 Å². The van der Waals surface area contributed by atoms with Gasteiger partial charge in [-0.05, 0) is 38.8 Å². The first kappa shape index (κ1) is 14.2. The number of aromatic nitrogens is 2. The summed E-state index contributed by atoms with van der Waals surface area (Å²) in [5.74, 6) is -1.02. The van der Waals surface area contributed by atoms with Crippen LogP contribution < -0.4 is 11.1 Å². The Morgan fingerprint density at radius 2 is 1.65 bits per heavy atom. The Balaban J connectivity index is 3.42. The molecule has 0 saturated carbocycles. The predicted molar refractivity (Wildman–Crippen MR) is 68.3 cm³/mol. The van der Waals surface area contributed by atoms with E-state index in [1.807, 2.05) is 0 Å². The van der Waals surface area contributed by atoms with Crippen molar-refractivity contribution >= 4 is 37.8 Å². The molecule has 0 amide bonds. The molecule has 1 rings (SSSR count). The van der Waals surface area contributed by atoms with Crippen molar-refractivity contribution in [2.75, 3.05) is 0 Å². The highest BCUT2D eigenvalue weighted by molar-refractivity contribution is 9.13. The molecule has 0 spiro atoms.